The highest BCUT2D eigenvalue weighted by atomic mass is 79.9. The molecule has 2 aliphatic heterocycles. The molecule has 13 nitrogen and oxygen atoms in total. The fourth-order valence-electron chi connectivity index (χ4n) is 7.87. The maximum absolute atomic E-state index is 13.4. The first-order valence-corrected chi connectivity index (χ1v) is 20.7. The van der Waals surface area contributed by atoms with E-state index < -0.39 is 0 Å². The van der Waals surface area contributed by atoms with Crippen molar-refractivity contribution < 1.29 is 0 Å². The van der Waals surface area contributed by atoms with Crippen LogP contribution in [0.2, 0.25) is 10.0 Å². The van der Waals surface area contributed by atoms with Crippen molar-refractivity contribution in [2.75, 3.05) is 36.0 Å². The normalized spacial score (nSPS) is 14.8. The monoisotopic (exact) mass is 865 g/mol. The average molecular weight is 868 g/mol. The standard InChI is InChI=1S/C22H21BrClN5O.C19H17ClN6O/c23-16-7-10-19-18(13-16)20(30)28(14-15-5-8-17(24)9-6-15)22-26-25-21(29(19)22)27-11-3-1-2-4-12-27;20-14-5-6-16-15(10-14)17(27)25(12-13-4-3-7-21-11-13)19-23-22-18(26(16)19)24-8-1-2-9-24/h5-10,13H,1-4,11-12,14H2;3-7,10-11H,1-2,8-9,12H2. The zero-order valence-electron chi connectivity index (χ0n) is 30.9. The summed E-state index contributed by atoms with van der Waals surface area (Å²) >= 11 is 15.7. The molecular weight excluding hydrogens is 829 g/mol. The van der Waals surface area contributed by atoms with E-state index in [1.165, 1.54) is 12.8 Å². The number of nitrogens with zero attached hydrogens (tertiary/aromatic N) is 11. The molecule has 5 aromatic heterocycles. The maximum Gasteiger partial charge on any atom is 0.263 e. The molecule has 57 heavy (non-hydrogen) atoms. The zero-order valence-corrected chi connectivity index (χ0v) is 34.0. The molecule has 0 spiro atoms. The first kappa shape index (κ1) is 37.3. The number of rotatable bonds is 6. The largest absolute Gasteiger partial charge is 0.341 e. The van der Waals surface area contributed by atoms with Gasteiger partial charge in [-0.15, -0.1) is 20.4 Å². The van der Waals surface area contributed by atoms with Crippen molar-refractivity contribution in [3.8, 4) is 0 Å². The molecule has 0 atom stereocenters. The third-order valence-electron chi connectivity index (χ3n) is 10.7. The van der Waals surface area contributed by atoms with Crippen LogP contribution >= 0.6 is 39.1 Å². The summed E-state index contributed by atoms with van der Waals surface area (Å²) in [5.41, 5.74) is 3.29. The molecule has 0 saturated carbocycles. The number of hydrogen-bond donors (Lipinski definition) is 0. The number of hydrogen-bond acceptors (Lipinski definition) is 9. The summed E-state index contributed by atoms with van der Waals surface area (Å²) in [5.74, 6) is 2.67. The molecule has 0 unspecified atom stereocenters. The van der Waals surface area contributed by atoms with Crippen LogP contribution in [0.15, 0.2) is 99.3 Å². The van der Waals surface area contributed by atoms with E-state index in [1.807, 2.05) is 69.5 Å². The Bertz CT molecular complexity index is 2860. The average Bonchev–Trinajstić information content (AvgIpc) is 3.97. The lowest BCUT2D eigenvalue weighted by molar-refractivity contribution is 0.726. The minimum atomic E-state index is -0.135. The van der Waals surface area contributed by atoms with Crippen LogP contribution in [0.25, 0.3) is 33.4 Å². The van der Waals surface area contributed by atoms with E-state index in [-0.39, 0.29) is 11.1 Å². The number of anilines is 2. The van der Waals surface area contributed by atoms with Crippen LogP contribution in [0.5, 0.6) is 0 Å². The quantitative estimate of drug-likeness (QED) is 0.166. The van der Waals surface area contributed by atoms with Crippen LogP contribution in [-0.4, -0.2) is 69.5 Å². The Labute approximate surface area is 345 Å². The Balaban J connectivity index is 0.000000149. The molecule has 10 rings (SSSR count). The van der Waals surface area contributed by atoms with Crippen molar-refractivity contribution in [2.24, 2.45) is 0 Å². The fraction of sp³-hybridized carbons (Fsp3) is 0.293. The Hall–Kier alpha value is -5.31. The molecule has 3 aromatic carbocycles. The third-order valence-corrected chi connectivity index (χ3v) is 11.7. The summed E-state index contributed by atoms with van der Waals surface area (Å²) < 4.78 is 8.21. The molecule has 0 bridgehead atoms. The van der Waals surface area contributed by atoms with E-state index in [1.54, 1.807) is 33.7 Å². The van der Waals surface area contributed by atoms with Gasteiger partial charge in [0, 0.05) is 53.1 Å². The van der Waals surface area contributed by atoms with Crippen LogP contribution in [0.3, 0.4) is 0 Å². The highest BCUT2D eigenvalue weighted by Gasteiger charge is 2.24. The Morgan fingerprint density at radius 3 is 1.68 bits per heavy atom. The Morgan fingerprint density at radius 1 is 0.579 bits per heavy atom. The van der Waals surface area contributed by atoms with Crippen molar-refractivity contribution in [2.45, 2.75) is 51.6 Å². The van der Waals surface area contributed by atoms with Crippen molar-refractivity contribution in [1.29, 1.82) is 0 Å². The molecule has 2 fully saturated rings. The summed E-state index contributed by atoms with van der Waals surface area (Å²) in [6, 6.07) is 22.5. The lowest BCUT2D eigenvalue weighted by Crippen LogP contribution is -2.28. The molecule has 7 heterocycles. The molecule has 0 N–H and O–H groups in total. The highest BCUT2D eigenvalue weighted by Crippen LogP contribution is 2.27. The minimum absolute atomic E-state index is 0.0800. The van der Waals surface area contributed by atoms with Gasteiger partial charge < -0.3 is 9.80 Å². The van der Waals surface area contributed by atoms with Gasteiger partial charge in [0.05, 0.1) is 34.9 Å². The van der Waals surface area contributed by atoms with Crippen molar-refractivity contribution in [3.63, 3.8) is 0 Å². The summed E-state index contributed by atoms with van der Waals surface area (Å²) in [7, 11) is 0. The maximum atomic E-state index is 13.4. The van der Waals surface area contributed by atoms with Crippen molar-refractivity contribution in [1.82, 2.24) is 43.3 Å². The van der Waals surface area contributed by atoms with Crippen LogP contribution in [0.1, 0.15) is 49.7 Å². The van der Waals surface area contributed by atoms with E-state index in [4.69, 9.17) is 23.2 Å². The summed E-state index contributed by atoms with van der Waals surface area (Å²) in [4.78, 5) is 35.3. The lowest BCUT2D eigenvalue weighted by atomic mass is 10.2. The topological polar surface area (TPSA) is 124 Å². The second kappa shape index (κ2) is 15.9. The van der Waals surface area contributed by atoms with Gasteiger partial charge in [-0.2, -0.15) is 0 Å². The first-order valence-electron chi connectivity index (χ1n) is 19.1. The number of benzene rings is 3. The van der Waals surface area contributed by atoms with Crippen molar-refractivity contribution in [3.05, 3.63) is 132 Å². The van der Waals surface area contributed by atoms with Gasteiger partial charge in [0.15, 0.2) is 0 Å². The number of halogens is 3. The number of fused-ring (bicyclic) bond motifs is 6. The van der Waals surface area contributed by atoms with Gasteiger partial charge in [-0.05, 0) is 91.4 Å². The lowest BCUT2D eigenvalue weighted by Gasteiger charge is -2.21. The van der Waals surface area contributed by atoms with Crippen LogP contribution < -0.4 is 20.9 Å². The van der Waals surface area contributed by atoms with Gasteiger partial charge in [-0.3, -0.25) is 23.7 Å². The summed E-state index contributed by atoms with van der Waals surface area (Å²) in [6.45, 7) is 4.57. The zero-order chi connectivity index (χ0) is 39.0. The predicted octanol–water partition coefficient (Wildman–Crippen LogP) is 7.63. The van der Waals surface area contributed by atoms with E-state index in [0.29, 0.717) is 45.5 Å². The predicted molar refractivity (Wildman–Crippen MR) is 228 cm³/mol. The molecule has 2 aliphatic rings. The second-order valence-electron chi connectivity index (χ2n) is 14.5. The van der Waals surface area contributed by atoms with E-state index in [2.05, 4.69) is 51.1 Å². The van der Waals surface area contributed by atoms with Crippen molar-refractivity contribution >= 4 is 84.4 Å². The summed E-state index contributed by atoms with van der Waals surface area (Å²) in [5, 5.41) is 20.2. The van der Waals surface area contributed by atoms with Gasteiger partial charge in [0.25, 0.3) is 11.1 Å². The smallest absolute Gasteiger partial charge is 0.263 e. The molecule has 0 amide bonds. The molecule has 16 heteroatoms. The molecule has 2 saturated heterocycles. The molecule has 0 radical (unpaired) electrons. The third kappa shape index (κ3) is 7.26. The fourth-order valence-corrected chi connectivity index (χ4v) is 8.53. The van der Waals surface area contributed by atoms with E-state index in [9.17, 15) is 9.59 Å². The van der Waals surface area contributed by atoms with Gasteiger partial charge in [0.1, 0.15) is 0 Å². The molecule has 8 aromatic rings. The van der Waals surface area contributed by atoms with E-state index >= 15 is 0 Å². The van der Waals surface area contributed by atoms with Gasteiger partial charge in [-0.1, -0.05) is 70.2 Å². The molecule has 290 valence electrons. The Kier molecular flexibility index (Phi) is 10.4. The Morgan fingerprint density at radius 2 is 1.11 bits per heavy atom. The molecular formula is C41H38BrCl2N11O2. The number of aromatic nitrogens is 9. The SMILES string of the molecule is O=c1c2cc(Br)ccc2n2c(N3CCCCCC3)nnc2n1Cc1ccc(Cl)cc1.O=c1c2cc(Cl)ccc2n2c(N3CCCC3)nnc2n1Cc1cccnc1. The second-order valence-corrected chi connectivity index (χ2v) is 16.2. The highest BCUT2D eigenvalue weighted by molar-refractivity contribution is 9.10. The summed E-state index contributed by atoms with van der Waals surface area (Å²) in [6.07, 6.45) is 10.5. The van der Waals surface area contributed by atoms with Crippen LogP contribution in [-0.2, 0) is 13.1 Å². The minimum Gasteiger partial charge on any atom is -0.341 e. The number of pyridine rings is 1. The van der Waals surface area contributed by atoms with Crippen LogP contribution in [0.4, 0.5) is 11.9 Å². The van der Waals surface area contributed by atoms with Gasteiger partial charge >= 0.3 is 0 Å². The molecule has 0 aliphatic carbocycles. The van der Waals surface area contributed by atoms with Gasteiger partial charge in [-0.25, -0.2) is 8.80 Å². The van der Waals surface area contributed by atoms with E-state index in [0.717, 1.165) is 90.4 Å². The van der Waals surface area contributed by atoms with Crippen LogP contribution in [0, 0.1) is 0 Å². The first-order chi connectivity index (χ1) is 27.8. The van der Waals surface area contributed by atoms with Gasteiger partial charge in [0.2, 0.25) is 23.5 Å².